The highest BCUT2D eigenvalue weighted by Crippen LogP contribution is 2.26. The van der Waals surface area contributed by atoms with E-state index >= 15 is 0 Å². The number of hydrogen-bond acceptors (Lipinski definition) is 2. The van der Waals surface area contributed by atoms with Crippen LogP contribution in [0.4, 0.5) is 5.69 Å². The number of nitrogens with zero attached hydrogens (tertiary/aromatic N) is 2. The van der Waals surface area contributed by atoms with Crippen molar-refractivity contribution in [3.8, 4) is 0 Å². The van der Waals surface area contributed by atoms with Gasteiger partial charge in [0.25, 0.3) is 5.69 Å². The first kappa shape index (κ1) is 11.5. The summed E-state index contributed by atoms with van der Waals surface area (Å²) in [5.41, 5.74) is 2.22. The lowest BCUT2D eigenvalue weighted by molar-refractivity contribution is -0.383. The summed E-state index contributed by atoms with van der Waals surface area (Å²) in [6.45, 7) is 0.714. The standard InChI is InChI=1S/C15H12N2O2/c18-17(19)15-8-4-7-14-13(15)9-10-16(14)11-12-5-2-1-3-6-12/h1-10H,11H2. The molecule has 0 amide bonds. The van der Waals surface area contributed by atoms with Crippen LogP contribution >= 0.6 is 0 Å². The van der Waals surface area contributed by atoms with Crippen LogP contribution in [0.1, 0.15) is 5.56 Å². The largest absolute Gasteiger partial charge is 0.343 e. The molecule has 0 spiro atoms. The maximum atomic E-state index is 11.0. The molecule has 0 atom stereocenters. The second-order valence-electron chi connectivity index (χ2n) is 4.40. The molecule has 0 saturated carbocycles. The number of benzene rings is 2. The second kappa shape index (κ2) is 4.57. The fourth-order valence-electron chi connectivity index (χ4n) is 2.28. The van der Waals surface area contributed by atoms with Gasteiger partial charge in [-0.25, -0.2) is 0 Å². The van der Waals surface area contributed by atoms with Crippen LogP contribution in [0.15, 0.2) is 60.8 Å². The van der Waals surface area contributed by atoms with Crippen molar-refractivity contribution < 1.29 is 4.92 Å². The SMILES string of the molecule is O=[N+]([O-])c1cccc2c1ccn2Cc1ccccc1. The van der Waals surface area contributed by atoms with Crippen molar-refractivity contribution in [2.75, 3.05) is 0 Å². The number of nitro groups is 1. The molecule has 3 aromatic rings. The Morgan fingerprint density at radius 2 is 1.79 bits per heavy atom. The molecule has 0 fully saturated rings. The first-order chi connectivity index (χ1) is 9.25. The van der Waals surface area contributed by atoms with Crippen molar-refractivity contribution in [2.24, 2.45) is 0 Å². The molecule has 0 N–H and O–H groups in total. The molecule has 1 aromatic heterocycles. The van der Waals surface area contributed by atoms with Crippen LogP contribution in [0.3, 0.4) is 0 Å². The molecule has 3 rings (SSSR count). The van der Waals surface area contributed by atoms with Crippen molar-refractivity contribution in [1.82, 2.24) is 4.57 Å². The van der Waals surface area contributed by atoms with Gasteiger partial charge in [0, 0.05) is 18.8 Å². The van der Waals surface area contributed by atoms with E-state index in [1.54, 1.807) is 12.1 Å². The summed E-state index contributed by atoms with van der Waals surface area (Å²) in [6, 6.07) is 17.0. The average molecular weight is 252 g/mol. The number of hydrogen-bond donors (Lipinski definition) is 0. The summed E-state index contributed by atoms with van der Waals surface area (Å²) in [5, 5.41) is 11.7. The van der Waals surface area contributed by atoms with Gasteiger partial charge in [-0.2, -0.15) is 0 Å². The minimum atomic E-state index is -0.338. The smallest absolute Gasteiger partial charge is 0.278 e. The number of rotatable bonds is 3. The van der Waals surface area contributed by atoms with Crippen LogP contribution in [0.2, 0.25) is 0 Å². The Morgan fingerprint density at radius 1 is 1.00 bits per heavy atom. The van der Waals surface area contributed by atoms with E-state index in [0.29, 0.717) is 11.9 Å². The molecule has 4 nitrogen and oxygen atoms in total. The zero-order chi connectivity index (χ0) is 13.2. The Hall–Kier alpha value is -2.62. The first-order valence-electron chi connectivity index (χ1n) is 6.02. The molecule has 2 aromatic carbocycles. The van der Waals surface area contributed by atoms with E-state index in [1.807, 2.05) is 47.2 Å². The van der Waals surface area contributed by atoms with Crippen LogP contribution in [0.5, 0.6) is 0 Å². The summed E-state index contributed by atoms with van der Waals surface area (Å²) in [4.78, 5) is 10.6. The molecule has 4 heteroatoms. The van der Waals surface area contributed by atoms with E-state index in [2.05, 4.69) is 0 Å². The molecule has 0 radical (unpaired) electrons. The number of nitro benzene ring substituents is 1. The van der Waals surface area contributed by atoms with Crippen molar-refractivity contribution >= 4 is 16.6 Å². The molecule has 19 heavy (non-hydrogen) atoms. The van der Waals surface area contributed by atoms with Crippen molar-refractivity contribution in [1.29, 1.82) is 0 Å². The van der Waals surface area contributed by atoms with Crippen molar-refractivity contribution in [2.45, 2.75) is 6.54 Å². The minimum Gasteiger partial charge on any atom is -0.343 e. The highest BCUT2D eigenvalue weighted by Gasteiger charge is 2.13. The molecular weight excluding hydrogens is 240 g/mol. The van der Waals surface area contributed by atoms with Crippen LogP contribution in [-0.2, 0) is 6.54 Å². The normalized spacial score (nSPS) is 10.7. The van der Waals surface area contributed by atoms with Gasteiger partial charge in [0.05, 0.1) is 15.8 Å². The molecule has 0 aliphatic heterocycles. The third kappa shape index (κ3) is 2.08. The number of aromatic nitrogens is 1. The molecule has 0 aliphatic rings. The van der Waals surface area contributed by atoms with Gasteiger partial charge in [-0.15, -0.1) is 0 Å². The summed E-state index contributed by atoms with van der Waals surface area (Å²) < 4.78 is 2.03. The molecule has 94 valence electrons. The van der Waals surface area contributed by atoms with Crippen LogP contribution in [0, 0.1) is 10.1 Å². The van der Waals surface area contributed by atoms with E-state index in [9.17, 15) is 10.1 Å². The summed E-state index contributed by atoms with van der Waals surface area (Å²) >= 11 is 0. The quantitative estimate of drug-likeness (QED) is 0.528. The van der Waals surface area contributed by atoms with Gasteiger partial charge >= 0.3 is 0 Å². The summed E-state index contributed by atoms with van der Waals surface area (Å²) in [7, 11) is 0. The second-order valence-corrected chi connectivity index (χ2v) is 4.40. The predicted octanol–water partition coefficient (Wildman–Crippen LogP) is 3.60. The highest BCUT2D eigenvalue weighted by atomic mass is 16.6. The van der Waals surface area contributed by atoms with Crippen molar-refractivity contribution in [3.63, 3.8) is 0 Å². The topological polar surface area (TPSA) is 48.1 Å². The molecule has 0 bridgehead atoms. The summed E-state index contributed by atoms with van der Waals surface area (Å²) in [5.74, 6) is 0. The van der Waals surface area contributed by atoms with Crippen LogP contribution in [0.25, 0.3) is 10.9 Å². The van der Waals surface area contributed by atoms with Gasteiger partial charge in [0.15, 0.2) is 0 Å². The van der Waals surface area contributed by atoms with E-state index in [0.717, 1.165) is 5.52 Å². The lowest BCUT2D eigenvalue weighted by Crippen LogP contribution is -1.97. The molecule has 0 unspecified atom stereocenters. The first-order valence-corrected chi connectivity index (χ1v) is 6.02. The van der Waals surface area contributed by atoms with Crippen LogP contribution < -0.4 is 0 Å². The maximum absolute atomic E-state index is 11.0. The Balaban J connectivity index is 2.07. The van der Waals surface area contributed by atoms with Gasteiger partial charge in [0.1, 0.15) is 0 Å². The van der Waals surface area contributed by atoms with Gasteiger partial charge in [0.2, 0.25) is 0 Å². The fourth-order valence-corrected chi connectivity index (χ4v) is 2.28. The number of fused-ring (bicyclic) bond motifs is 1. The monoisotopic (exact) mass is 252 g/mol. The Kier molecular flexibility index (Phi) is 2.76. The lowest BCUT2D eigenvalue weighted by atomic mass is 10.2. The molecule has 0 aliphatic carbocycles. The maximum Gasteiger partial charge on any atom is 0.278 e. The predicted molar refractivity (Wildman–Crippen MR) is 74.1 cm³/mol. The Labute approximate surface area is 110 Å². The van der Waals surface area contributed by atoms with E-state index in [1.165, 1.54) is 11.6 Å². The van der Waals surface area contributed by atoms with Gasteiger partial charge in [-0.1, -0.05) is 36.4 Å². The fraction of sp³-hybridized carbons (Fsp3) is 0.0667. The molecule has 1 heterocycles. The summed E-state index contributed by atoms with van der Waals surface area (Å²) in [6.07, 6.45) is 1.89. The zero-order valence-corrected chi connectivity index (χ0v) is 10.2. The molecular formula is C15H12N2O2. The zero-order valence-electron chi connectivity index (χ0n) is 10.2. The van der Waals surface area contributed by atoms with Crippen LogP contribution in [-0.4, -0.2) is 9.49 Å². The Morgan fingerprint density at radius 3 is 2.53 bits per heavy atom. The lowest BCUT2D eigenvalue weighted by Gasteiger charge is -2.05. The van der Waals surface area contributed by atoms with E-state index in [4.69, 9.17) is 0 Å². The van der Waals surface area contributed by atoms with Gasteiger partial charge in [-0.3, -0.25) is 10.1 Å². The average Bonchev–Trinajstić information content (AvgIpc) is 2.83. The molecule has 0 saturated heterocycles. The minimum absolute atomic E-state index is 0.157. The highest BCUT2D eigenvalue weighted by molar-refractivity contribution is 5.89. The van der Waals surface area contributed by atoms with Gasteiger partial charge < -0.3 is 4.57 Å². The number of non-ortho nitro benzene ring substituents is 1. The van der Waals surface area contributed by atoms with E-state index < -0.39 is 0 Å². The third-order valence-electron chi connectivity index (χ3n) is 3.18. The van der Waals surface area contributed by atoms with E-state index in [-0.39, 0.29) is 10.6 Å². The third-order valence-corrected chi connectivity index (χ3v) is 3.18. The van der Waals surface area contributed by atoms with Crippen molar-refractivity contribution in [3.05, 3.63) is 76.5 Å². The van der Waals surface area contributed by atoms with Gasteiger partial charge in [-0.05, 0) is 17.7 Å². The Bertz CT molecular complexity index is 732.